The first-order chi connectivity index (χ1) is 9.15. The summed E-state index contributed by atoms with van der Waals surface area (Å²) in [6, 6.07) is 6.03. The Balaban J connectivity index is 2.25. The van der Waals surface area contributed by atoms with E-state index in [9.17, 15) is 0 Å². The van der Waals surface area contributed by atoms with Crippen LogP contribution in [0.1, 0.15) is 18.3 Å². The van der Waals surface area contributed by atoms with Gasteiger partial charge in [-0.1, -0.05) is 6.07 Å². The number of nitrogens with zero attached hydrogens (tertiary/aromatic N) is 3. The van der Waals surface area contributed by atoms with Crippen LogP contribution in [0, 0.1) is 6.92 Å². The van der Waals surface area contributed by atoms with Crippen LogP contribution in [-0.2, 0) is 6.54 Å². The molecule has 5 nitrogen and oxygen atoms in total. The van der Waals surface area contributed by atoms with E-state index in [0.717, 1.165) is 29.5 Å². The van der Waals surface area contributed by atoms with Crippen LogP contribution in [0.4, 0.5) is 10.8 Å². The largest absolute Gasteiger partial charge is 0.490 e. The fourth-order valence-corrected chi connectivity index (χ4v) is 2.74. The first-order valence-electron chi connectivity index (χ1n) is 6.12. The van der Waals surface area contributed by atoms with E-state index in [-0.39, 0.29) is 0 Å². The molecule has 2 rings (SSSR count). The van der Waals surface area contributed by atoms with Gasteiger partial charge < -0.3 is 15.4 Å². The summed E-state index contributed by atoms with van der Waals surface area (Å²) in [5.74, 6) is 1.10. The molecule has 0 aliphatic heterocycles. The maximum absolute atomic E-state index is 5.79. The zero-order valence-corrected chi connectivity index (χ0v) is 12.2. The standard InChI is InChI=1S/C13H18N4OS/c1-4-17(8-10-7-5-6-9(2)15-10)13-11(18-3)12(14)16-19-13/h5-7H,4,8H2,1-3H3,(H2,14,16). The zero-order chi connectivity index (χ0) is 13.8. The molecule has 0 aliphatic carbocycles. The molecular weight excluding hydrogens is 260 g/mol. The molecule has 0 radical (unpaired) electrons. The normalized spacial score (nSPS) is 10.5. The lowest BCUT2D eigenvalue weighted by Gasteiger charge is -2.21. The Bertz CT molecular complexity index is 555. The lowest BCUT2D eigenvalue weighted by atomic mass is 10.3. The predicted molar refractivity (Wildman–Crippen MR) is 78.8 cm³/mol. The molecule has 0 atom stereocenters. The summed E-state index contributed by atoms with van der Waals surface area (Å²) in [6.45, 7) is 5.64. The van der Waals surface area contributed by atoms with E-state index >= 15 is 0 Å². The molecule has 0 bridgehead atoms. The van der Waals surface area contributed by atoms with Crippen molar-refractivity contribution in [2.75, 3.05) is 24.3 Å². The zero-order valence-electron chi connectivity index (χ0n) is 11.4. The van der Waals surface area contributed by atoms with Gasteiger partial charge in [0.1, 0.15) is 0 Å². The number of pyridine rings is 1. The van der Waals surface area contributed by atoms with Gasteiger partial charge in [-0.15, -0.1) is 0 Å². The van der Waals surface area contributed by atoms with E-state index in [1.165, 1.54) is 11.5 Å². The molecule has 2 aromatic heterocycles. The lowest BCUT2D eigenvalue weighted by Crippen LogP contribution is -2.22. The topological polar surface area (TPSA) is 64.3 Å². The minimum Gasteiger partial charge on any atom is -0.490 e. The van der Waals surface area contributed by atoms with Crippen LogP contribution >= 0.6 is 11.5 Å². The Labute approximate surface area is 117 Å². The predicted octanol–water partition coefficient (Wildman–Crippen LogP) is 2.46. The molecule has 0 saturated heterocycles. The van der Waals surface area contributed by atoms with Crippen molar-refractivity contribution in [2.24, 2.45) is 0 Å². The number of aryl methyl sites for hydroxylation is 1. The van der Waals surface area contributed by atoms with Gasteiger partial charge in [-0.25, -0.2) is 0 Å². The fraction of sp³-hybridized carbons (Fsp3) is 0.385. The van der Waals surface area contributed by atoms with E-state index in [1.807, 2.05) is 25.1 Å². The van der Waals surface area contributed by atoms with E-state index < -0.39 is 0 Å². The van der Waals surface area contributed by atoms with Gasteiger partial charge in [-0.2, -0.15) is 4.37 Å². The second-order valence-corrected chi connectivity index (χ2v) is 4.94. The molecule has 0 amide bonds. The van der Waals surface area contributed by atoms with Crippen molar-refractivity contribution < 1.29 is 4.74 Å². The van der Waals surface area contributed by atoms with Gasteiger partial charge in [0.2, 0.25) is 0 Å². The highest BCUT2D eigenvalue weighted by Crippen LogP contribution is 2.38. The van der Waals surface area contributed by atoms with Crippen LogP contribution < -0.4 is 15.4 Å². The molecule has 102 valence electrons. The molecule has 0 fully saturated rings. The highest BCUT2D eigenvalue weighted by atomic mass is 32.1. The molecule has 2 heterocycles. The second kappa shape index (κ2) is 5.88. The van der Waals surface area contributed by atoms with Crippen LogP contribution in [-0.4, -0.2) is 23.0 Å². The first kappa shape index (κ1) is 13.6. The minimum absolute atomic E-state index is 0.443. The summed E-state index contributed by atoms with van der Waals surface area (Å²) in [5.41, 5.74) is 7.84. The smallest absolute Gasteiger partial charge is 0.197 e. The van der Waals surface area contributed by atoms with Crippen molar-refractivity contribution in [3.05, 3.63) is 29.6 Å². The van der Waals surface area contributed by atoms with E-state index in [4.69, 9.17) is 10.5 Å². The Morgan fingerprint density at radius 3 is 2.84 bits per heavy atom. The Kier molecular flexibility index (Phi) is 4.21. The molecule has 0 aromatic carbocycles. The van der Waals surface area contributed by atoms with Gasteiger partial charge in [0, 0.05) is 12.2 Å². The monoisotopic (exact) mass is 278 g/mol. The van der Waals surface area contributed by atoms with Gasteiger partial charge in [-0.3, -0.25) is 4.98 Å². The minimum atomic E-state index is 0.443. The number of nitrogens with two attached hydrogens (primary N) is 1. The van der Waals surface area contributed by atoms with Gasteiger partial charge >= 0.3 is 0 Å². The van der Waals surface area contributed by atoms with Gasteiger partial charge in [0.25, 0.3) is 0 Å². The van der Waals surface area contributed by atoms with E-state index in [2.05, 4.69) is 21.2 Å². The lowest BCUT2D eigenvalue weighted by molar-refractivity contribution is 0.417. The van der Waals surface area contributed by atoms with Crippen molar-refractivity contribution in [3.63, 3.8) is 0 Å². The summed E-state index contributed by atoms with van der Waals surface area (Å²) < 4.78 is 9.47. The summed E-state index contributed by atoms with van der Waals surface area (Å²) in [4.78, 5) is 6.68. The van der Waals surface area contributed by atoms with E-state index in [0.29, 0.717) is 11.6 Å². The summed E-state index contributed by atoms with van der Waals surface area (Å²) in [5, 5.41) is 0.950. The van der Waals surface area contributed by atoms with Crippen molar-refractivity contribution in [2.45, 2.75) is 20.4 Å². The Morgan fingerprint density at radius 1 is 1.42 bits per heavy atom. The summed E-state index contributed by atoms with van der Waals surface area (Å²) in [6.07, 6.45) is 0. The third kappa shape index (κ3) is 2.96. The molecular formula is C13H18N4OS. The fourth-order valence-electron chi connectivity index (χ4n) is 1.89. The number of methoxy groups -OCH3 is 1. The summed E-state index contributed by atoms with van der Waals surface area (Å²) >= 11 is 1.36. The molecule has 0 saturated carbocycles. The highest BCUT2D eigenvalue weighted by molar-refractivity contribution is 7.11. The maximum atomic E-state index is 5.79. The molecule has 6 heteroatoms. The molecule has 2 N–H and O–H groups in total. The SMILES string of the molecule is CCN(Cc1cccc(C)n1)c1snc(N)c1OC. The molecule has 0 spiro atoms. The maximum Gasteiger partial charge on any atom is 0.197 e. The highest BCUT2D eigenvalue weighted by Gasteiger charge is 2.18. The van der Waals surface area contributed by atoms with Crippen molar-refractivity contribution >= 4 is 22.4 Å². The molecule has 0 aliphatic rings. The number of ether oxygens (including phenoxy) is 1. The van der Waals surface area contributed by atoms with Crippen LogP contribution in [0.2, 0.25) is 0 Å². The third-order valence-electron chi connectivity index (χ3n) is 2.83. The van der Waals surface area contributed by atoms with Crippen LogP contribution in [0.3, 0.4) is 0 Å². The first-order valence-corrected chi connectivity index (χ1v) is 6.89. The van der Waals surface area contributed by atoms with Crippen molar-refractivity contribution in [1.82, 2.24) is 9.36 Å². The average molecular weight is 278 g/mol. The third-order valence-corrected chi connectivity index (χ3v) is 3.73. The number of hydrogen-bond acceptors (Lipinski definition) is 6. The van der Waals surface area contributed by atoms with Crippen molar-refractivity contribution in [3.8, 4) is 5.75 Å². The number of aromatic nitrogens is 2. The van der Waals surface area contributed by atoms with Crippen molar-refractivity contribution in [1.29, 1.82) is 0 Å². The van der Waals surface area contributed by atoms with E-state index in [1.54, 1.807) is 7.11 Å². The summed E-state index contributed by atoms with van der Waals surface area (Å²) in [7, 11) is 1.61. The number of hydrogen-bond donors (Lipinski definition) is 1. The second-order valence-electron chi connectivity index (χ2n) is 4.19. The van der Waals surface area contributed by atoms with Crippen LogP contribution in [0.25, 0.3) is 0 Å². The van der Waals surface area contributed by atoms with Gasteiger partial charge in [0.05, 0.1) is 19.3 Å². The Morgan fingerprint density at radius 2 is 2.21 bits per heavy atom. The van der Waals surface area contributed by atoms with Gasteiger partial charge in [0.15, 0.2) is 16.6 Å². The quantitative estimate of drug-likeness (QED) is 0.910. The van der Waals surface area contributed by atoms with Gasteiger partial charge in [-0.05, 0) is 37.5 Å². The Hall–Kier alpha value is -1.82. The molecule has 2 aromatic rings. The molecule has 19 heavy (non-hydrogen) atoms. The number of rotatable bonds is 5. The van der Waals surface area contributed by atoms with Crippen LogP contribution in [0.5, 0.6) is 5.75 Å². The van der Waals surface area contributed by atoms with Crippen LogP contribution in [0.15, 0.2) is 18.2 Å². The average Bonchev–Trinajstić information content (AvgIpc) is 2.77. The molecule has 0 unspecified atom stereocenters. The number of anilines is 2. The number of nitrogen functional groups attached to an aromatic ring is 1.